The molecule has 0 spiro atoms. The molecule has 3 nitrogen and oxygen atoms in total. The summed E-state index contributed by atoms with van der Waals surface area (Å²) in [5, 5.41) is 0.920. The summed E-state index contributed by atoms with van der Waals surface area (Å²) < 4.78 is 19.0. The van der Waals surface area contributed by atoms with Crippen molar-refractivity contribution >= 4 is 10.9 Å². The Morgan fingerprint density at radius 2 is 2.00 bits per heavy atom. The van der Waals surface area contributed by atoms with Gasteiger partial charge in [0.05, 0.1) is 12.6 Å². The number of H-pyrrole nitrogens is 1. The second-order valence-corrected chi connectivity index (χ2v) is 4.62. The Balaban J connectivity index is 2.26. The van der Waals surface area contributed by atoms with E-state index in [2.05, 4.69) is 23.7 Å². The number of nitrogens with zero attached hydrogens (tertiary/aromatic N) is 1. The van der Waals surface area contributed by atoms with Crippen LogP contribution in [0.25, 0.3) is 10.9 Å². The van der Waals surface area contributed by atoms with E-state index in [1.807, 2.05) is 12.3 Å². The SMILES string of the molecule is CCN(CC)CCc1c[nH]c2c(F)cc(OC)cc12. The van der Waals surface area contributed by atoms with Gasteiger partial charge in [0.25, 0.3) is 0 Å². The van der Waals surface area contributed by atoms with Crippen LogP contribution in [0.5, 0.6) is 5.75 Å². The number of halogens is 1. The van der Waals surface area contributed by atoms with E-state index >= 15 is 0 Å². The van der Waals surface area contributed by atoms with E-state index in [4.69, 9.17) is 4.74 Å². The summed E-state index contributed by atoms with van der Waals surface area (Å²) in [7, 11) is 1.56. The molecule has 0 amide bonds. The van der Waals surface area contributed by atoms with Crippen LogP contribution in [-0.2, 0) is 6.42 Å². The summed E-state index contributed by atoms with van der Waals surface area (Å²) in [6.07, 6.45) is 2.81. The molecule has 0 atom stereocenters. The fourth-order valence-electron chi connectivity index (χ4n) is 2.36. The van der Waals surface area contributed by atoms with Crippen molar-refractivity contribution in [2.24, 2.45) is 0 Å². The average molecular weight is 264 g/mol. The molecule has 2 rings (SSSR count). The van der Waals surface area contributed by atoms with Gasteiger partial charge in [-0.2, -0.15) is 0 Å². The Morgan fingerprint density at radius 1 is 1.26 bits per heavy atom. The predicted octanol–water partition coefficient (Wildman–Crippen LogP) is 3.20. The fourth-order valence-corrected chi connectivity index (χ4v) is 2.36. The monoisotopic (exact) mass is 264 g/mol. The lowest BCUT2D eigenvalue weighted by atomic mass is 10.1. The number of methoxy groups -OCH3 is 1. The number of aromatic amines is 1. The number of aromatic nitrogens is 1. The van der Waals surface area contributed by atoms with Gasteiger partial charge in [0, 0.05) is 24.2 Å². The zero-order valence-electron chi connectivity index (χ0n) is 11.8. The number of likely N-dealkylation sites (N-methyl/N-ethyl adjacent to an activating group) is 1. The van der Waals surface area contributed by atoms with Gasteiger partial charge in [-0.05, 0) is 31.1 Å². The van der Waals surface area contributed by atoms with Gasteiger partial charge in [-0.3, -0.25) is 0 Å². The van der Waals surface area contributed by atoms with Crippen LogP contribution in [0.3, 0.4) is 0 Å². The normalized spacial score (nSPS) is 11.4. The molecule has 1 aromatic heterocycles. The van der Waals surface area contributed by atoms with Gasteiger partial charge in [0.15, 0.2) is 5.82 Å². The third-order valence-electron chi connectivity index (χ3n) is 3.63. The molecular formula is C15H21FN2O. The number of hydrogen-bond donors (Lipinski definition) is 1. The zero-order valence-corrected chi connectivity index (χ0v) is 11.8. The molecule has 2 aromatic rings. The lowest BCUT2D eigenvalue weighted by molar-refractivity contribution is 0.308. The summed E-state index contributed by atoms with van der Waals surface area (Å²) in [6.45, 7) is 7.37. The van der Waals surface area contributed by atoms with Crippen LogP contribution in [0.2, 0.25) is 0 Å². The summed E-state index contributed by atoms with van der Waals surface area (Å²) in [4.78, 5) is 5.37. The summed E-state index contributed by atoms with van der Waals surface area (Å²) >= 11 is 0. The van der Waals surface area contributed by atoms with Crippen molar-refractivity contribution in [1.82, 2.24) is 9.88 Å². The van der Waals surface area contributed by atoms with Crippen LogP contribution >= 0.6 is 0 Å². The van der Waals surface area contributed by atoms with Gasteiger partial charge in [-0.15, -0.1) is 0 Å². The minimum absolute atomic E-state index is 0.261. The molecule has 0 saturated carbocycles. The second kappa shape index (κ2) is 6.06. The standard InChI is InChI=1S/C15H21FN2O/c1-4-18(5-2)7-6-11-10-17-15-13(11)8-12(19-3)9-14(15)16/h8-10,17H,4-7H2,1-3H3. The third-order valence-corrected chi connectivity index (χ3v) is 3.63. The minimum Gasteiger partial charge on any atom is -0.497 e. The van der Waals surface area contributed by atoms with E-state index in [0.717, 1.165) is 37.0 Å². The summed E-state index contributed by atoms with van der Waals surface area (Å²) in [5.41, 5.74) is 1.70. The van der Waals surface area contributed by atoms with E-state index in [1.54, 1.807) is 7.11 Å². The van der Waals surface area contributed by atoms with Gasteiger partial charge in [-0.25, -0.2) is 4.39 Å². The van der Waals surface area contributed by atoms with Crippen molar-refractivity contribution in [2.45, 2.75) is 20.3 Å². The molecule has 0 radical (unpaired) electrons. The quantitative estimate of drug-likeness (QED) is 0.868. The Labute approximate surface area is 113 Å². The fraction of sp³-hybridized carbons (Fsp3) is 0.467. The largest absolute Gasteiger partial charge is 0.497 e. The van der Waals surface area contributed by atoms with E-state index in [-0.39, 0.29) is 5.82 Å². The molecule has 0 bridgehead atoms. The van der Waals surface area contributed by atoms with Gasteiger partial charge >= 0.3 is 0 Å². The van der Waals surface area contributed by atoms with E-state index in [1.165, 1.54) is 6.07 Å². The van der Waals surface area contributed by atoms with Crippen LogP contribution in [0.1, 0.15) is 19.4 Å². The molecule has 0 unspecified atom stereocenters. The molecule has 1 N–H and O–H groups in total. The van der Waals surface area contributed by atoms with E-state index < -0.39 is 0 Å². The minimum atomic E-state index is -0.261. The average Bonchev–Trinajstić information content (AvgIpc) is 2.83. The highest BCUT2D eigenvalue weighted by Crippen LogP contribution is 2.26. The first-order valence-electron chi connectivity index (χ1n) is 6.75. The molecule has 4 heteroatoms. The molecule has 0 aliphatic heterocycles. The van der Waals surface area contributed by atoms with Crippen LogP contribution < -0.4 is 4.74 Å². The number of hydrogen-bond acceptors (Lipinski definition) is 2. The van der Waals surface area contributed by atoms with Gasteiger partial charge in [-0.1, -0.05) is 13.8 Å². The summed E-state index contributed by atoms with van der Waals surface area (Å²) in [6, 6.07) is 3.31. The maximum absolute atomic E-state index is 13.9. The first kappa shape index (κ1) is 13.9. The first-order valence-corrected chi connectivity index (χ1v) is 6.75. The second-order valence-electron chi connectivity index (χ2n) is 4.62. The van der Waals surface area contributed by atoms with E-state index in [9.17, 15) is 4.39 Å². The Bertz CT molecular complexity index is 546. The zero-order chi connectivity index (χ0) is 13.8. The van der Waals surface area contributed by atoms with Crippen molar-refractivity contribution in [3.63, 3.8) is 0 Å². The Kier molecular flexibility index (Phi) is 4.43. The lowest BCUT2D eigenvalue weighted by Crippen LogP contribution is -2.25. The van der Waals surface area contributed by atoms with E-state index in [0.29, 0.717) is 11.3 Å². The topological polar surface area (TPSA) is 28.3 Å². The smallest absolute Gasteiger partial charge is 0.150 e. The highest BCUT2D eigenvalue weighted by atomic mass is 19.1. The van der Waals surface area contributed by atoms with Crippen molar-refractivity contribution in [2.75, 3.05) is 26.7 Å². The lowest BCUT2D eigenvalue weighted by Gasteiger charge is -2.17. The summed E-state index contributed by atoms with van der Waals surface area (Å²) in [5.74, 6) is 0.303. The molecule has 0 saturated heterocycles. The predicted molar refractivity (Wildman–Crippen MR) is 76.3 cm³/mol. The van der Waals surface area contributed by atoms with Crippen LogP contribution in [0.15, 0.2) is 18.3 Å². The Hall–Kier alpha value is -1.55. The van der Waals surface area contributed by atoms with Gasteiger partial charge in [0.1, 0.15) is 5.75 Å². The molecule has 19 heavy (non-hydrogen) atoms. The van der Waals surface area contributed by atoms with Gasteiger partial charge in [0.2, 0.25) is 0 Å². The van der Waals surface area contributed by atoms with Crippen LogP contribution in [0, 0.1) is 5.82 Å². The first-order chi connectivity index (χ1) is 9.19. The van der Waals surface area contributed by atoms with Crippen molar-refractivity contribution < 1.29 is 9.13 Å². The number of nitrogens with one attached hydrogen (secondary N) is 1. The van der Waals surface area contributed by atoms with Crippen molar-refractivity contribution in [3.8, 4) is 5.75 Å². The molecule has 104 valence electrons. The molecular weight excluding hydrogens is 243 g/mol. The highest BCUT2D eigenvalue weighted by Gasteiger charge is 2.11. The molecule has 0 aliphatic rings. The number of ether oxygens (including phenoxy) is 1. The van der Waals surface area contributed by atoms with Crippen molar-refractivity contribution in [1.29, 1.82) is 0 Å². The van der Waals surface area contributed by atoms with Crippen molar-refractivity contribution in [3.05, 3.63) is 29.7 Å². The van der Waals surface area contributed by atoms with Crippen LogP contribution in [0.4, 0.5) is 4.39 Å². The Morgan fingerprint density at radius 3 is 2.63 bits per heavy atom. The van der Waals surface area contributed by atoms with Gasteiger partial charge < -0.3 is 14.6 Å². The van der Waals surface area contributed by atoms with Crippen LogP contribution in [-0.4, -0.2) is 36.6 Å². The third kappa shape index (κ3) is 2.89. The number of benzene rings is 1. The molecule has 0 aliphatic carbocycles. The molecule has 0 fully saturated rings. The maximum Gasteiger partial charge on any atom is 0.150 e. The molecule has 1 heterocycles. The maximum atomic E-state index is 13.9. The molecule has 1 aromatic carbocycles. The highest BCUT2D eigenvalue weighted by molar-refractivity contribution is 5.85. The number of rotatable bonds is 6. The number of fused-ring (bicyclic) bond motifs is 1.